The molecule has 0 radical (unpaired) electrons. The summed E-state index contributed by atoms with van der Waals surface area (Å²) in [5.41, 5.74) is 4.57. The molecule has 4 rings (SSSR count). The van der Waals surface area contributed by atoms with Gasteiger partial charge in [0.1, 0.15) is 0 Å². The zero-order valence-electron chi connectivity index (χ0n) is 16.1. The molecule has 2 heterocycles. The Balaban J connectivity index is 1.50. The number of hydrogen-bond acceptors (Lipinski definition) is 3. The van der Waals surface area contributed by atoms with Crippen molar-refractivity contribution in [1.82, 2.24) is 15.1 Å². The van der Waals surface area contributed by atoms with Gasteiger partial charge < -0.3 is 10.1 Å². The summed E-state index contributed by atoms with van der Waals surface area (Å²) in [6.07, 6.45) is 6.72. The standard InChI is InChI=1S/C22H29N3O2/c1-2-18(16-8-4-3-5-9-16)22(26)23-14-20-19-15-27-13-12-21(19)25(24-20)17-10-6-7-11-17/h3-5,8-9,17-18H,2,6-7,10-15H2,1H3,(H,23,26)/t18-/m1/s1. The van der Waals surface area contributed by atoms with E-state index in [9.17, 15) is 4.79 Å². The largest absolute Gasteiger partial charge is 0.376 e. The van der Waals surface area contributed by atoms with Crippen molar-refractivity contribution in [3.05, 3.63) is 52.8 Å². The highest BCUT2D eigenvalue weighted by atomic mass is 16.5. The van der Waals surface area contributed by atoms with E-state index in [1.54, 1.807) is 0 Å². The first-order valence-corrected chi connectivity index (χ1v) is 10.3. The van der Waals surface area contributed by atoms with Crippen molar-refractivity contribution in [2.24, 2.45) is 0 Å². The van der Waals surface area contributed by atoms with Gasteiger partial charge in [0.05, 0.1) is 37.4 Å². The van der Waals surface area contributed by atoms with E-state index in [0.29, 0.717) is 19.2 Å². The smallest absolute Gasteiger partial charge is 0.227 e. The Morgan fingerprint density at radius 1 is 1.30 bits per heavy atom. The monoisotopic (exact) mass is 367 g/mol. The summed E-state index contributed by atoms with van der Waals surface area (Å²) >= 11 is 0. The number of nitrogens with zero attached hydrogens (tertiary/aromatic N) is 2. The Labute approximate surface area is 161 Å². The van der Waals surface area contributed by atoms with Crippen LogP contribution in [0.4, 0.5) is 0 Å². The molecule has 0 saturated heterocycles. The second-order valence-corrected chi connectivity index (χ2v) is 7.65. The third kappa shape index (κ3) is 3.79. The first kappa shape index (κ1) is 18.2. The first-order valence-electron chi connectivity index (χ1n) is 10.3. The van der Waals surface area contributed by atoms with Crippen LogP contribution in [0.3, 0.4) is 0 Å². The zero-order chi connectivity index (χ0) is 18.6. The summed E-state index contributed by atoms with van der Waals surface area (Å²) in [6, 6.07) is 10.5. The Morgan fingerprint density at radius 2 is 2.07 bits per heavy atom. The van der Waals surface area contributed by atoms with Gasteiger partial charge in [0.2, 0.25) is 5.91 Å². The number of fused-ring (bicyclic) bond motifs is 1. The fraction of sp³-hybridized carbons (Fsp3) is 0.545. The Bertz CT molecular complexity index is 778. The predicted molar refractivity (Wildman–Crippen MR) is 104 cm³/mol. The lowest BCUT2D eigenvalue weighted by atomic mass is 9.95. The van der Waals surface area contributed by atoms with Crippen molar-refractivity contribution in [2.75, 3.05) is 6.61 Å². The van der Waals surface area contributed by atoms with E-state index < -0.39 is 0 Å². The van der Waals surface area contributed by atoms with E-state index in [0.717, 1.165) is 30.7 Å². The number of hydrogen-bond donors (Lipinski definition) is 1. The lowest BCUT2D eigenvalue weighted by Crippen LogP contribution is -2.29. The molecule has 0 unspecified atom stereocenters. The van der Waals surface area contributed by atoms with Gasteiger partial charge in [-0.15, -0.1) is 0 Å². The van der Waals surface area contributed by atoms with E-state index in [4.69, 9.17) is 9.84 Å². The molecule has 2 aromatic rings. The summed E-state index contributed by atoms with van der Waals surface area (Å²) in [6.45, 7) is 3.92. The van der Waals surface area contributed by atoms with Crippen LogP contribution in [0.2, 0.25) is 0 Å². The number of benzene rings is 1. The highest BCUT2D eigenvalue weighted by Crippen LogP contribution is 2.33. The van der Waals surface area contributed by atoms with Crippen LogP contribution in [-0.4, -0.2) is 22.3 Å². The third-order valence-corrected chi connectivity index (χ3v) is 5.96. The van der Waals surface area contributed by atoms with E-state index in [2.05, 4.69) is 16.9 Å². The molecule has 1 atom stereocenters. The van der Waals surface area contributed by atoms with E-state index >= 15 is 0 Å². The van der Waals surface area contributed by atoms with E-state index in [-0.39, 0.29) is 11.8 Å². The Hall–Kier alpha value is -2.14. The summed E-state index contributed by atoms with van der Waals surface area (Å²) in [5.74, 6) is -0.0419. The van der Waals surface area contributed by atoms with Gasteiger partial charge >= 0.3 is 0 Å². The molecule has 5 heteroatoms. The molecule has 1 fully saturated rings. The quantitative estimate of drug-likeness (QED) is 0.843. The minimum atomic E-state index is -0.116. The van der Waals surface area contributed by atoms with Gasteiger partial charge in [0, 0.05) is 17.7 Å². The van der Waals surface area contributed by atoms with Crippen molar-refractivity contribution >= 4 is 5.91 Å². The number of rotatable bonds is 6. The molecule has 1 N–H and O–H groups in total. The molecule has 1 aliphatic carbocycles. The molecule has 1 aliphatic heterocycles. The SMILES string of the molecule is CC[C@@H](C(=O)NCc1nn(C2CCCC2)c2c1COCC2)c1ccccc1. The molecule has 2 aliphatic rings. The first-order chi connectivity index (χ1) is 13.3. The van der Waals surface area contributed by atoms with E-state index in [1.165, 1.54) is 36.9 Å². The second-order valence-electron chi connectivity index (χ2n) is 7.65. The maximum absolute atomic E-state index is 12.8. The van der Waals surface area contributed by atoms with Crippen LogP contribution in [0, 0.1) is 0 Å². The third-order valence-electron chi connectivity index (χ3n) is 5.96. The number of ether oxygens (including phenoxy) is 1. The van der Waals surface area contributed by atoms with Crippen LogP contribution in [-0.2, 0) is 29.1 Å². The number of carbonyl (C=O) groups excluding carboxylic acids is 1. The molecule has 27 heavy (non-hydrogen) atoms. The van der Waals surface area contributed by atoms with Crippen molar-refractivity contribution in [3.8, 4) is 0 Å². The number of aromatic nitrogens is 2. The average molecular weight is 367 g/mol. The summed E-state index contributed by atoms with van der Waals surface area (Å²) < 4.78 is 7.94. The van der Waals surface area contributed by atoms with Gasteiger partial charge in [-0.1, -0.05) is 50.1 Å². The summed E-state index contributed by atoms with van der Waals surface area (Å²) in [5, 5.41) is 8.06. The van der Waals surface area contributed by atoms with Crippen LogP contribution in [0.25, 0.3) is 0 Å². The summed E-state index contributed by atoms with van der Waals surface area (Å²) in [7, 11) is 0. The molecule has 0 spiro atoms. The molecule has 144 valence electrons. The summed E-state index contributed by atoms with van der Waals surface area (Å²) in [4.78, 5) is 12.8. The van der Waals surface area contributed by atoms with Gasteiger partial charge in [-0.3, -0.25) is 9.48 Å². The normalized spacial score (nSPS) is 18.3. The topological polar surface area (TPSA) is 56.2 Å². The van der Waals surface area contributed by atoms with Crippen molar-refractivity contribution in [1.29, 1.82) is 0 Å². The van der Waals surface area contributed by atoms with Gasteiger partial charge in [-0.2, -0.15) is 5.10 Å². The second kappa shape index (κ2) is 8.26. The lowest BCUT2D eigenvalue weighted by Gasteiger charge is -2.18. The maximum atomic E-state index is 12.8. The number of nitrogens with one attached hydrogen (secondary N) is 1. The molecule has 5 nitrogen and oxygen atoms in total. The molecule has 1 aromatic heterocycles. The molecular weight excluding hydrogens is 338 g/mol. The molecule has 1 amide bonds. The Kier molecular flexibility index (Phi) is 5.58. The van der Waals surface area contributed by atoms with Gasteiger partial charge in [0.15, 0.2) is 0 Å². The minimum absolute atomic E-state index is 0.0737. The molecule has 1 saturated carbocycles. The van der Waals surface area contributed by atoms with Gasteiger partial charge in [-0.25, -0.2) is 0 Å². The van der Waals surface area contributed by atoms with Crippen molar-refractivity contribution < 1.29 is 9.53 Å². The molecular formula is C22H29N3O2. The zero-order valence-corrected chi connectivity index (χ0v) is 16.1. The van der Waals surface area contributed by atoms with Crippen molar-refractivity contribution in [2.45, 2.75) is 70.6 Å². The molecule has 0 bridgehead atoms. The van der Waals surface area contributed by atoms with Crippen LogP contribution in [0.15, 0.2) is 30.3 Å². The lowest BCUT2D eigenvalue weighted by molar-refractivity contribution is -0.122. The van der Waals surface area contributed by atoms with Crippen LogP contribution in [0.1, 0.15) is 73.5 Å². The average Bonchev–Trinajstić information content (AvgIpc) is 3.36. The van der Waals surface area contributed by atoms with Crippen LogP contribution >= 0.6 is 0 Å². The van der Waals surface area contributed by atoms with Gasteiger partial charge in [0.25, 0.3) is 0 Å². The van der Waals surface area contributed by atoms with E-state index in [1.807, 2.05) is 30.3 Å². The maximum Gasteiger partial charge on any atom is 0.227 e. The van der Waals surface area contributed by atoms with Crippen LogP contribution < -0.4 is 5.32 Å². The number of carbonyl (C=O) groups is 1. The predicted octanol–water partition coefficient (Wildman–Crippen LogP) is 3.88. The fourth-order valence-electron chi connectivity index (χ4n) is 4.48. The fourth-order valence-corrected chi connectivity index (χ4v) is 4.48. The number of amides is 1. The highest BCUT2D eigenvalue weighted by Gasteiger charge is 2.27. The minimum Gasteiger partial charge on any atom is -0.376 e. The van der Waals surface area contributed by atoms with Crippen LogP contribution in [0.5, 0.6) is 0 Å². The Morgan fingerprint density at radius 3 is 2.81 bits per heavy atom. The van der Waals surface area contributed by atoms with Crippen molar-refractivity contribution in [3.63, 3.8) is 0 Å². The molecule has 1 aromatic carbocycles. The van der Waals surface area contributed by atoms with Gasteiger partial charge in [-0.05, 0) is 24.8 Å². The highest BCUT2D eigenvalue weighted by molar-refractivity contribution is 5.83.